The minimum absolute atomic E-state index is 0.0154. The monoisotopic (exact) mass is 1030 g/mol. The van der Waals surface area contributed by atoms with Crippen LogP contribution in [-0.4, -0.2) is 77.0 Å². The van der Waals surface area contributed by atoms with Crippen LogP contribution >= 0.6 is 0 Å². The van der Waals surface area contributed by atoms with Gasteiger partial charge < -0.3 is 15.4 Å². The molecule has 2 N–H and O–H groups in total. The van der Waals surface area contributed by atoms with Gasteiger partial charge in [-0.3, -0.25) is 24.5 Å². The summed E-state index contributed by atoms with van der Waals surface area (Å²) in [4.78, 5) is 69.2. The minimum Gasteiger partial charge on any atom is -0.444 e. The number of halogens is 7. The Balaban J connectivity index is 1.11. The zero-order chi connectivity index (χ0) is 53.3. The molecule has 6 aromatic rings. The third-order valence-electron chi connectivity index (χ3n) is 13.0. The number of likely N-dealkylation sites (tertiary alicyclic amines) is 1. The molecule has 13 nitrogen and oxygen atoms in total. The topological polar surface area (TPSA) is 165 Å². The molecule has 1 saturated carbocycles. The van der Waals surface area contributed by atoms with Crippen molar-refractivity contribution in [2.45, 2.75) is 122 Å². The van der Waals surface area contributed by atoms with Gasteiger partial charge in [0, 0.05) is 83.1 Å². The molecule has 2 aromatic carbocycles. The Bertz CT molecular complexity index is 3030. The lowest BCUT2D eigenvalue weighted by molar-refractivity contribution is -0.182. The van der Waals surface area contributed by atoms with E-state index in [1.54, 1.807) is 45.9 Å². The molecule has 0 bridgehead atoms. The highest BCUT2D eigenvalue weighted by Crippen LogP contribution is 2.48. The van der Waals surface area contributed by atoms with Gasteiger partial charge in [-0.15, -0.1) is 0 Å². The number of hydrogen-bond acceptors (Lipinski definition) is 10. The molecular weight excluding hydrogens is 972 g/mol. The summed E-state index contributed by atoms with van der Waals surface area (Å²) in [5.41, 5.74) is -0.00107. The molecule has 0 spiro atoms. The van der Waals surface area contributed by atoms with Gasteiger partial charge in [0.25, 0.3) is 17.7 Å². The Morgan fingerprint density at radius 3 is 1.77 bits per heavy atom. The molecule has 5 heterocycles. The number of ether oxygens (including phenoxy) is 1. The van der Waals surface area contributed by atoms with Gasteiger partial charge in [0.1, 0.15) is 28.9 Å². The Morgan fingerprint density at radius 2 is 1.24 bits per heavy atom. The predicted molar refractivity (Wildman–Crippen MR) is 261 cm³/mol. The van der Waals surface area contributed by atoms with E-state index in [1.807, 2.05) is 13.8 Å². The molecule has 74 heavy (non-hydrogen) atoms. The molecule has 8 rings (SSSR count). The Labute approximate surface area is 422 Å². The van der Waals surface area contributed by atoms with Gasteiger partial charge in [-0.1, -0.05) is 57.2 Å². The van der Waals surface area contributed by atoms with Crippen molar-refractivity contribution < 1.29 is 49.9 Å². The quantitative estimate of drug-likeness (QED) is 0.113. The molecule has 0 radical (unpaired) electrons. The molecule has 1 aliphatic carbocycles. The molecule has 1 aliphatic heterocycles. The van der Waals surface area contributed by atoms with Crippen LogP contribution in [0, 0.1) is 17.6 Å². The zero-order valence-electron chi connectivity index (χ0n) is 41.4. The molecule has 2 atom stereocenters. The van der Waals surface area contributed by atoms with Crippen LogP contribution in [0.3, 0.4) is 0 Å². The zero-order valence-corrected chi connectivity index (χ0v) is 41.4. The van der Waals surface area contributed by atoms with E-state index in [0.29, 0.717) is 11.5 Å². The number of anilines is 2. The van der Waals surface area contributed by atoms with Crippen LogP contribution in [0.5, 0.6) is 0 Å². The Morgan fingerprint density at radius 1 is 0.716 bits per heavy atom. The smallest absolute Gasteiger partial charge is 0.411 e. The highest BCUT2D eigenvalue weighted by Gasteiger charge is 2.50. The number of nitrogens with zero attached hydrogens (tertiary/aromatic N) is 7. The average molecular weight is 1030 g/mol. The summed E-state index contributed by atoms with van der Waals surface area (Å²) in [5, 5.41) is 5.62. The van der Waals surface area contributed by atoms with Crippen LogP contribution in [-0.2, 0) is 11.2 Å². The molecule has 4 aromatic heterocycles. The lowest BCUT2D eigenvalue weighted by Gasteiger charge is -2.31. The fraction of sp³-hybridized carbons (Fsp3) is 0.389. The Kier molecular flexibility index (Phi) is 15.2. The number of hydrogen-bond donors (Lipinski definition) is 2. The molecule has 3 amide bonds. The highest BCUT2D eigenvalue weighted by molar-refractivity contribution is 6.07. The summed E-state index contributed by atoms with van der Waals surface area (Å²) in [6, 6.07) is 13.2. The third-order valence-corrected chi connectivity index (χ3v) is 13.0. The summed E-state index contributed by atoms with van der Waals surface area (Å²) < 4.78 is 109. The molecule has 20 heteroatoms. The highest BCUT2D eigenvalue weighted by atomic mass is 19.4. The first kappa shape index (κ1) is 52.9. The van der Waals surface area contributed by atoms with E-state index in [1.165, 1.54) is 73.4 Å². The van der Waals surface area contributed by atoms with Gasteiger partial charge in [0.2, 0.25) is 0 Å². The lowest BCUT2D eigenvalue weighted by atomic mass is 9.79. The largest absolute Gasteiger partial charge is 0.444 e. The molecule has 2 aliphatic rings. The van der Waals surface area contributed by atoms with Crippen molar-refractivity contribution in [1.82, 2.24) is 34.8 Å². The van der Waals surface area contributed by atoms with Gasteiger partial charge in [0.05, 0.1) is 52.4 Å². The number of pyridine rings is 2. The maximum Gasteiger partial charge on any atom is 0.411 e. The van der Waals surface area contributed by atoms with Crippen LogP contribution in [0.25, 0.3) is 22.3 Å². The first-order chi connectivity index (χ1) is 35.0. The van der Waals surface area contributed by atoms with Crippen molar-refractivity contribution in [2.24, 2.45) is 5.92 Å². The van der Waals surface area contributed by atoms with Crippen LogP contribution in [0.4, 0.5) is 46.9 Å². The standard InChI is InChI=1S/C54H54F7N9O4/c1-29(2)47-63-24-32(25-64-47)50(72)69-45-39(37-12-8-10-14-41(37)56)22-35(67-43(45)31-15-17-34(18-16-31)54(59,60)61)21-30(3)48-65-26-33(27-66-48)49(71)68-44-38(36-11-7-9-13-40(36)55)19-20-62-46(44)42-23-53(57,58)28-70(42)51(73)74-52(4,5)6/h7-14,19-20,22,24-27,29-31,34,42H,15-18,21,23,28H2,1-6H3,(H,68,71)(H,69,72). The van der Waals surface area contributed by atoms with Crippen LogP contribution in [0.2, 0.25) is 0 Å². The van der Waals surface area contributed by atoms with Crippen molar-refractivity contribution in [1.29, 1.82) is 0 Å². The second-order valence-electron chi connectivity index (χ2n) is 20.1. The van der Waals surface area contributed by atoms with Gasteiger partial charge in [-0.2, -0.15) is 13.2 Å². The summed E-state index contributed by atoms with van der Waals surface area (Å²) in [6.07, 6.45) is 0.142. The lowest BCUT2D eigenvalue weighted by Crippen LogP contribution is -2.38. The second-order valence-corrected chi connectivity index (χ2v) is 20.1. The van der Waals surface area contributed by atoms with E-state index >= 15 is 17.6 Å². The average Bonchev–Trinajstić information content (AvgIpc) is 3.69. The van der Waals surface area contributed by atoms with Gasteiger partial charge >= 0.3 is 12.3 Å². The van der Waals surface area contributed by atoms with Gasteiger partial charge in [-0.05, 0) is 77.1 Å². The number of nitrogens with one attached hydrogen (secondary N) is 2. The predicted octanol–water partition coefficient (Wildman–Crippen LogP) is 12.8. The van der Waals surface area contributed by atoms with Gasteiger partial charge in [0.15, 0.2) is 0 Å². The van der Waals surface area contributed by atoms with Crippen molar-refractivity contribution in [2.75, 3.05) is 17.2 Å². The normalized spacial score (nSPS) is 18.2. The fourth-order valence-corrected chi connectivity index (χ4v) is 9.32. The second kappa shape index (κ2) is 21.2. The molecule has 1 saturated heterocycles. The first-order valence-electron chi connectivity index (χ1n) is 24.2. The van der Waals surface area contributed by atoms with E-state index in [2.05, 4.69) is 35.6 Å². The fourth-order valence-electron chi connectivity index (χ4n) is 9.32. The molecule has 2 fully saturated rings. The first-order valence-corrected chi connectivity index (χ1v) is 24.2. The SMILES string of the molecule is CC(C)c1ncc(C(=O)Nc2c(-c3ccccc3F)cc(CC(C)c3ncc(C(=O)Nc4c(-c5ccccc5F)ccnc4C4CC(F)(F)CN4C(=O)OC(C)(C)C)cn3)nc2C2CCC(C(F)(F)F)CC2)cn1. The van der Waals surface area contributed by atoms with Crippen molar-refractivity contribution in [3.05, 3.63) is 143 Å². The summed E-state index contributed by atoms with van der Waals surface area (Å²) in [6.45, 7) is 9.35. The van der Waals surface area contributed by atoms with Crippen molar-refractivity contribution >= 4 is 29.3 Å². The number of carbonyl (C=O) groups excluding carboxylic acids is 3. The van der Waals surface area contributed by atoms with Crippen molar-refractivity contribution in [3.63, 3.8) is 0 Å². The van der Waals surface area contributed by atoms with Crippen LogP contribution < -0.4 is 10.6 Å². The van der Waals surface area contributed by atoms with E-state index in [-0.39, 0.29) is 100.0 Å². The molecule has 2 unspecified atom stereocenters. The summed E-state index contributed by atoms with van der Waals surface area (Å²) in [5.74, 6) is -7.98. The van der Waals surface area contributed by atoms with E-state index in [0.717, 1.165) is 4.90 Å². The number of carbonyl (C=O) groups is 3. The maximum atomic E-state index is 15.9. The maximum absolute atomic E-state index is 15.9. The Hall–Kier alpha value is -7.38. The van der Waals surface area contributed by atoms with Gasteiger partial charge in [-0.25, -0.2) is 42.3 Å². The van der Waals surface area contributed by atoms with Crippen LogP contribution in [0.15, 0.2) is 91.6 Å². The van der Waals surface area contributed by atoms with Crippen LogP contribution in [0.1, 0.15) is 147 Å². The third kappa shape index (κ3) is 12.0. The number of aromatic nitrogens is 6. The summed E-state index contributed by atoms with van der Waals surface area (Å²) >= 11 is 0. The molecule has 388 valence electrons. The summed E-state index contributed by atoms with van der Waals surface area (Å²) in [7, 11) is 0. The van der Waals surface area contributed by atoms with Crippen molar-refractivity contribution in [3.8, 4) is 22.3 Å². The minimum atomic E-state index is -4.39. The van der Waals surface area contributed by atoms with E-state index in [4.69, 9.17) is 9.72 Å². The van der Waals surface area contributed by atoms with E-state index in [9.17, 15) is 27.6 Å². The number of rotatable bonds is 12. The molecular formula is C54H54F7N9O4. The number of benzene rings is 2. The number of alkyl halides is 5. The van der Waals surface area contributed by atoms with E-state index < -0.39 is 84.0 Å². The number of amides is 3.